The summed E-state index contributed by atoms with van der Waals surface area (Å²) in [5.41, 5.74) is 0. The standard InChI is InChI=1S/C17H34N2/c1-3-12-18-17(16-10-6-7-11-16)14-19(2)13-15-8-4-5-9-15/h15-18H,3-14H2,1-2H3. The van der Waals surface area contributed by atoms with Gasteiger partial charge in [-0.2, -0.15) is 0 Å². The Bertz CT molecular complexity index is 229. The summed E-state index contributed by atoms with van der Waals surface area (Å²) in [5, 5.41) is 3.83. The van der Waals surface area contributed by atoms with E-state index >= 15 is 0 Å². The first kappa shape index (κ1) is 15.3. The van der Waals surface area contributed by atoms with Gasteiger partial charge < -0.3 is 10.2 Å². The summed E-state index contributed by atoms with van der Waals surface area (Å²) in [7, 11) is 2.34. The van der Waals surface area contributed by atoms with E-state index < -0.39 is 0 Å². The van der Waals surface area contributed by atoms with Crippen LogP contribution in [0.1, 0.15) is 64.7 Å². The van der Waals surface area contributed by atoms with E-state index in [0.717, 1.165) is 17.9 Å². The highest BCUT2D eigenvalue weighted by Crippen LogP contribution is 2.29. The zero-order valence-corrected chi connectivity index (χ0v) is 13.2. The molecule has 2 nitrogen and oxygen atoms in total. The lowest BCUT2D eigenvalue weighted by molar-refractivity contribution is 0.215. The molecule has 1 atom stereocenters. The van der Waals surface area contributed by atoms with Crippen molar-refractivity contribution < 1.29 is 0 Å². The molecule has 0 bridgehead atoms. The van der Waals surface area contributed by atoms with E-state index in [9.17, 15) is 0 Å². The molecule has 0 heterocycles. The Kier molecular flexibility index (Phi) is 6.66. The van der Waals surface area contributed by atoms with Crippen molar-refractivity contribution in [2.45, 2.75) is 70.8 Å². The van der Waals surface area contributed by atoms with Gasteiger partial charge in [0, 0.05) is 19.1 Å². The van der Waals surface area contributed by atoms with Crippen LogP contribution in [-0.2, 0) is 0 Å². The lowest BCUT2D eigenvalue weighted by Crippen LogP contribution is -2.45. The maximum absolute atomic E-state index is 3.83. The lowest BCUT2D eigenvalue weighted by Gasteiger charge is -2.30. The zero-order chi connectivity index (χ0) is 13.5. The second-order valence-corrected chi connectivity index (χ2v) is 6.98. The Labute approximate surface area is 120 Å². The Morgan fingerprint density at radius 1 is 1.05 bits per heavy atom. The molecule has 2 aliphatic rings. The highest BCUT2D eigenvalue weighted by molar-refractivity contribution is 4.83. The largest absolute Gasteiger partial charge is 0.312 e. The van der Waals surface area contributed by atoms with Crippen molar-refractivity contribution in [1.29, 1.82) is 0 Å². The van der Waals surface area contributed by atoms with Gasteiger partial charge in [0.15, 0.2) is 0 Å². The van der Waals surface area contributed by atoms with E-state index in [-0.39, 0.29) is 0 Å². The van der Waals surface area contributed by atoms with E-state index in [1.54, 1.807) is 0 Å². The number of rotatable bonds is 8. The minimum atomic E-state index is 0.744. The minimum absolute atomic E-state index is 0.744. The molecule has 2 aliphatic carbocycles. The zero-order valence-electron chi connectivity index (χ0n) is 13.2. The quantitative estimate of drug-likeness (QED) is 0.721. The molecule has 2 saturated carbocycles. The summed E-state index contributed by atoms with van der Waals surface area (Å²) >= 11 is 0. The molecule has 2 rings (SSSR count). The highest BCUT2D eigenvalue weighted by atomic mass is 15.1. The van der Waals surface area contributed by atoms with Crippen LogP contribution in [0.5, 0.6) is 0 Å². The molecule has 1 unspecified atom stereocenters. The SMILES string of the molecule is CCCNC(CN(C)CC1CCCC1)C1CCCC1. The topological polar surface area (TPSA) is 15.3 Å². The third-order valence-electron chi connectivity index (χ3n) is 5.18. The number of hydrogen-bond acceptors (Lipinski definition) is 2. The van der Waals surface area contributed by atoms with Gasteiger partial charge >= 0.3 is 0 Å². The first-order valence-corrected chi connectivity index (χ1v) is 8.71. The molecule has 1 N–H and O–H groups in total. The molecule has 19 heavy (non-hydrogen) atoms. The van der Waals surface area contributed by atoms with Gasteiger partial charge in [-0.25, -0.2) is 0 Å². The van der Waals surface area contributed by atoms with Gasteiger partial charge in [-0.15, -0.1) is 0 Å². The Morgan fingerprint density at radius 3 is 2.32 bits per heavy atom. The van der Waals surface area contributed by atoms with Crippen LogP contribution in [0.4, 0.5) is 0 Å². The molecule has 0 aromatic heterocycles. The molecule has 0 amide bonds. The fraction of sp³-hybridized carbons (Fsp3) is 1.00. The first-order chi connectivity index (χ1) is 9.29. The molecular weight excluding hydrogens is 232 g/mol. The van der Waals surface area contributed by atoms with Gasteiger partial charge in [0.2, 0.25) is 0 Å². The van der Waals surface area contributed by atoms with Crippen LogP contribution in [0.15, 0.2) is 0 Å². The van der Waals surface area contributed by atoms with Crippen LogP contribution in [0, 0.1) is 11.8 Å². The fourth-order valence-electron chi connectivity index (χ4n) is 4.11. The molecule has 2 fully saturated rings. The Morgan fingerprint density at radius 2 is 1.68 bits per heavy atom. The fourth-order valence-corrected chi connectivity index (χ4v) is 4.11. The average Bonchev–Trinajstić information content (AvgIpc) is 3.06. The van der Waals surface area contributed by atoms with Crippen LogP contribution >= 0.6 is 0 Å². The van der Waals surface area contributed by atoms with Crippen LogP contribution < -0.4 is 5.32 Å². The molecule has 0 aromatic carbocycles. The predicted octanol–water partition coefficient (Wildman–Crippen LogP) is 3.67. The maximum atomic E-state index is 3.83. The van der Waals surface area contributed by atoms with E-state index in [4.69, 9.17) is 0 Å². The first-order valence-electron chi connectivity index (χ1n) is 8.71. The summed E-state index contributed by atoms with van der Waals surface area (Å²) in [6.07, 6.45) is 13.0. The minimum Gasteiger partial charge on any atom is -0.312 e. The predicted molar refractivity (Wildman–Crippen MR) is 83.5 cm³/mol. The number of likely N-dealkylation sites (N-methyl/N-ethyl adjacent to an activating group) is 1. The summed E-state index contributed by atoms with van der Waals surface area (Å²) in [6.45, 7) is 6.07. The Balaban J connectivity index is 1.76. The highest BCUT2D eigenvalue weighted by Gasteiger charge is 2.26. The van der Waals surface area contributed by atoms with E-state index in [2.05, 4.69) is 24.2 Å². The Hall–Kier alpha value is -0.0800. The molecule has 0 aromatic rings. The van der Waals surface area contributed by atoms with E-state index in [0.29, 0.717) is 0 Å². The van der Waals surface area contributed by atoms with Crippen LogP contribution in [0.3, 0.4) is 0 Å². The lowest BCUT2D eigenvalue weighted by atomic mass is 9.97. The molecule has 0 saturated heterocycles. The van der Waals surface area contributed by atoms with Gasteiger partial charge in [-0.05, 0) is 57.5 Å². The van der Waals surface area contributed by atoms with Crippen molar-refractivity contribution in [2.75, 3.05) is 26.7 Å². The van der Waals surface area contributed by atoms with Crippen LogP contribution in [0.25, 0.3) is 0 Å². The summed E-state index contributed by atoms with van der Waals surface area (Å²) in [4.78, 5) is 2.61. The van der Waals surface area contributed by atoms with Gasteiger partial charge in [0.05, 0.1) is 0 Å². The van der Waals surface area contributed by atoms with Gasteiger partial charge in [-0.1, -0.05) is 32.6 Å². The molecular formula is C17H34N2. The average molecular weight is 266 g/mol. The second kappa shape index (κ2) is 8.26. The van der Waals surface area contributed by atoms with Crippen molar-refractivity contribution in [3.8, 4) is 0 Å². The van der Waals surface area contributed by atoms with Crippen molar-refractivity contribution in [3.63, 3.8) is 0 Å². The smallest absolute Gasteiger partial charge is 0.0223 e. The van der Waals surface area contributed by atoms with Gasteiger partial charge in [0.25, 0.3) is 0 Å². The van der Waals surface area contributed by atoms with Crippen LogP contribution in [0.2, 0.25) is 0 Å². The summed E-state index contributed by atoms with van der Waals surface area (Å²) in [5.74, 6) is 1.93. The van der Waals surface area contributed by atoms with Crippen molar-refractivity contribution in [2.24, 2.45) is 11.8 Å². The van der Waals surface area contributed by atoms with Gasteiger partial charge in [0.1, 0.15) is 0 Å². The van der Waals surface area contributed by atoms with Crippen molar-refractivity contribution >= 4 is 0 Å². The normalized spacial score (nSPS) is 23.5. The molecule has 112 valence electrons. The third-order valence-corrected chi connectivity index (χ3v) is 5.18. The second-order valence-electron chi connectivity index (χ2n) is 6.98. The number of nitrogens with one attached hydrogen (secondary N) is 1. The number of hydrogen-bond donors (Lipinski definition) is 1. The van der Waals surface area contributed by atoms with Crippen LogP contribution in [-0.4, -0.2) is 37.6 Å². The summed E-state index contributed by atoms with van der Waals surface area (Å²) < 4.78 is 0. The molecule has 2 heteroatoms. The molecule has 0 spiro atoms. The molecule has 0 radical (unpaired) electrons. The molecule has 0 aliphatic heterocycles. The van der Waals surface area contributed by atoms with Gasteiger partial charge in [-0.3, -0.25) is 0 Å². The van der Waals surface area contributed by atoms with Crippen molar-refractivity contribution in [1.82, 2.24) is 10.2 Å². The third kappa shape index (κ3) is 5.07. The monoisotopic (exact) mass is 266 g/mol. The van der Waals surface area contributed by atoms with Crippen molar-refractivity contribution in [3.05, 3.63) is 0 Å². The van der Waals surface area contributed by atoms with E-state index in [1.807, 2.05) is 0 Å². The maximum Gasteiger partial charge on any atom is 0.0223 e. The summed E-state index contributed by atoms with van der Waals surface area (Å²) in [6, 6.07) is 0.744. The van der Waals surface area contributed by atoms with E-state index in [1.165, 1.54) is 77.4 Å². The number of nitrogens with zero attached hydrogens (tertiary/aromatic N) is 1.